The van der Waals surface area contributed by atoms with Crippen LogP contribution < -0.4 is 10.2 Å². The lowest BCUT2D eigenvalue weighted by Crippen LogP contribution is -2.35. The van der Waals surface area contributed by atoms with Gasteiger partial charge in [0.2, 0.25) is 15.9 Å². The third kappa shape index (κ3) is 6.01. The van der Waals surface area contributed by atoms with Crippen LogP contribution in [-0.2, 0) is 14.8 Å². The second-order valence-electron chi connectivity index (χ2n) is 8.46. The lowest BCUT2D eigenvalue weighted by molar-refractivity contribution is -0.117. The van der Waals surface area contributed by atoms with E-state index in [-0.39, 0.29) is 16.7 Å². The Morgan fingerprint density at radius 2 is 1.74 bits per heavy atom. The third-order valence-electron chi connectivity index (χ3n) is 6.17. The molecule has 4 rings (SSSR count). The van der Waals surface area contributed by atoms with E-state index in [4.69, 9.17) is 11.6 Å². The van der Waals surface area contributed by atoms with Gasteiger partial charge in [0.15, 0.2) is 0 Å². The largest absolute Gasteiger partial charge is 0.355 e. The number of hydrogen-bond donors (Lipinski definition) is 1. The van der Waals surface area contributed by atoms with E-state index < -0.39 is 10.0 Å². The molecule has 1 N–H and O–H groups in total. The first-order valence-electron chi connectivity index (χ1n) is 11.7. The van der Waals surface area contributed by atoms with Gasteiger partial charge in [0.25, 0.3) is 0 Å². The molecule has 0 spiro atoms. The van der Waals surface area contributed by atoms with Gasteiger partial charge in [-0.15, -0.1) is 0 Å². The van der Waals surface area contributed by atoms with Gasteiger partial charge < -0.3 is 10.2 Å². The Labute approximate surface area is 211 Å². The quantitative estimate of drug-likeness (QED) is 0.493. The molecule has 1 saturated heterocycles. The van der Waals surface area contributed by atoms with Crippen molar-refractivity contribution >= 4 is 39.0 Å². The maximum Gasteiger partial charge on any atom is 0.243 e. The van der Waals surface area contributed by atoms with Crippen molar-refractivity contribution < 1.29 is 13.2 Å². The predicted octanol–water partition coefficient (Wildman–Crippen LogP) is 4.77. The molecule has 2 heterocycles. The second-order valence-corrected chi connectivity index (χ2v) is 10.8. The van der Waals surface area contributed by atoms with Crippen LogP contribution in [0.2, 0.25) is 5.02 Å². The summed E-state index contributed by atoms with van der Waals surface area (Å²) in [5.41, 5.74) is 1.62. The van der Waals surface area contributed by atoms with E-state index in [1.54, 1.807) is 18.3 Å². The Morgan fingerprint density at radius 1 is 1.00 bits per heavy atom. The van der Waals surface area contributed by atoms with Crippen LogP contribution in [0.1, 0.15) is 31.2 Å². The van der Waals surface area contributed by atoms with E-state index in [0.29, 0.717) is 49.7 Å². The van der Waals surface area contributed by atoms with E-state index in [9.17, 15) is 13.2 Å². The SMILES string of the molecule is CC[C@H](C(=O)Nc1ccc(N2CCCN(S(=O)(=O)c3ccc(Cl)cc3)CC2)nc1)c1ccccc1. The average Bonchev–Trinajstić information content (AvgIpc) is 3.13. The molecule has 2 aromatic carbocycles. The smallest absolute Gasteiger partial charge is 0.243 e. The second kappa shape index (κ2) is 11.2. The van der Waals surface area contributed by atoms with E-state index in [1.807, 2.05) is 49.4 Å². The van der Waals surface area contributed by atoms with E-state index in [0.717, 1.165) is 11.4 Å². The number of carbonyl (C=O) groups is 1. The Hall–Kier alpha value is -2.94. The molecule has 1 aliphatic rings. The molecule has 0 bridgehead atoms. The molecule has 1 aliphatic heterocycles. The van der Waals surface area contributed by atoms with Gasteiger partial charge in [-0.1, -0.05) is 48.9 Å². The molecule has 1 amide bonds. The Morgan fingerprint density at radius 3 is 2.40 bits per heavy atom. The lowest BCUT2D eigenvalue weighted by atomic mass is 9.95. The Balaban J connectivity index is 1.39. The fourth-order valence-electron chi connectivity index (χ4n) is 4.25. The zero-order chi connectivity index (χ0) is 24.8. The number of benzene rings is 2. The van der Waals surface area contributed by atoms with Crippen LogP contribution in [-0.4, -0.2) is 49.8 Å². The minimum absolute atomic E-state index is 0.0638. The number of anilines is 2. The number of halogens is 1. The molecule has 1 fully saturated rings. The standard InChI is InChI=1S/C26H29ClN4O3S/c1-2-24(20-7-4-3-5-8-20)26(32)29-22-11-14-25(28-19-22)30-15-6-16-31(18-17-30)35(33,34)23-12-9-21(27)10-13-23/h3-5,7-14,19,24H,2,6,15-18H2,1H3,(H,29,32)/t24-/m0/s1. The van der Waals surface area contributed by atoms with Gasteiger partial charge in [-0.2, -0.15) is 4.31 Å². The van der Waals surface area contributed by atoms with Crippen LogP contribution in [0.25, 0.3) is 0 Å². The maximum atomic E-state index is 13.0. The molecule has 35 heavy (non-hydrogen) atoms. The summed E-state index contributed by atoms with van der Waals surface area (Å²) in [4.78, 5) is 19.7. The minimum atomic E-state index is -3.58. The molecule has 7 nitrogen and oxygen atoms in total. The van der Waals surface area contributed by atoms with Crippen molar-refractivity contribution in [3.63, 3.8) is 0 Å². The molecular weight excluding hydrogens is 484 g/mol. The molecule has 0 aliphatic carbocycles. The maximum absolute atomic E-state index is 13.0. The number of aromatic nitrogens is 1. The summed E-state index contributed by atoms with van der Waals surface area (Å²) in [6.45, 7) is 4.01. The summed E-state index contributed by atoms with van der Waals surface area (Å²) in [6.07, 6.45) is 3.03. The number of hydrogen-bond acceptors (Lipinski definition) is 5. The average molecular weight is 513 g/mol. The monoisotopic (exact) mass is 512 g/mol. The van der Waals surface area contributed by atoms with Crippen LogP contribution in [0, 0.1) is 0 Å². The third-order valence-corrected chi connectivity index (χ3v) is 8.34. The van der Waals surface area contributed by atoms with Crippen LogP contribution >= 0.6 is 11.6 Å². The number of sulfonamides is 1. The molecule has 184 valence electrons. The first kappa shape index (κ1) is 25.2. The highest BCUT2D eigenvalue weighted by atomic mass is 35.5. The normalized spacial score (nSPS) is 15.9. The van der Waals surface area contributed by atoms with Gasteiger partial charge in [0.05, 0.1) is 22.7 Å². The van der Waals surface area contributed by atoms with Gasteiger partial charge in [0.1, 0.15) is 5.82 Å². The fraction of sp³-hybridized carbons (Fsp3) is 0.308. The van der Waals surface area contributed by atoms with Crippen molar-refractivity contribution in [3.8, 4) is 0 Å². The number of carbonyl (C=O) groups excluding carboxylic acids is 1. The van der Waals surface area contributed by atoms with Gasteiger partial charge in [-0.05, 0) is 54.8 Å². The molecule has 3 aromatic rings. The van der Waals surface area contributed by atoms with Crippen molar-refractivity contribution in [2.45, 2.75) is 30.6 Å². The number of nitrogens with zero attached hydrogens (tertiary/aromatic N) is 3. The number of pyridine rings is 1. The minimum Gasteiger partial charge on any atom is -0.355 e. The molecule has 0 saturated carbocycles. The van der Waals surface area contributed by atoms with Gasteiger partial charge >= 0.3 is 0 Å². The highest BCUT2D eigenvalue weighted by molar-refractivity contribution is 7.89. The fourth-order valence-corrected chi connectivity index (χ4v) is 5.85. The van der Waals surface area contributed by atoms with Gasteiger partial charge in [-0.3, -0.25) is 4.79 Å². The van der Waals surface area contributed by atoms with Crippen molar-refractivity contribution in [1.82, 2.24) is 9.29 Å². The zero-order valence-electron chi connectivity index (χ0n) is 19.6. The summed E-state index contributed by atoms with van der Waals surface area (Å²) >= 11 is 5.91. The van der Waals surface area contributed by atoms with E-state index in [1.165, 1.54) is 16.4 Å². The Bertz CT molecular complexity index is 1240. The highest BCUT2D eigenvalue weighted by Gasteiger charge is 2.27. The summed E-state index contributed by atoms with van der Waals surface area (Å²) in [5, 5.41) is 3.47. The van der Waals surface area contributed by atoms with E-state index >= 15 is 0 Å². The van der Waals surface area contributed by atoms with Crippen LogP contribution in [0.15, 0.2) is 77.8 Å². The van der Waals surface area contributed by atoms with Crippen molar-refractivity contribution in [2.24, 2.45) is 0 Å². The predicted molar refractivity (Wildman–Crippen MR) is 139 cm³/mol. The van der Waals surface area contributed by atoms with Crippen molar-refractivity contribution in [3.05, 3.63) is 83.5 Å². The topological polar surface area (TPSA) is 82.6 Å². The molecular formula is C26H29ClN4O3S. The number of nitrogens with one attached hydrogen (secondary N) is 1. The van der Waals surface area contributed by atoms with Crippen LogP contribution in [0.5, 0.6) is 0 Å². The summed E-state index contributed by atoms with van der Waals surface area (Å²) in [5.74, 6) is 0.463. The van der Waals surface area contributed by atoms with Crippen molar-refractivity contribution in [2.75, 3.05) is 36.4 Å². The van der Waals surface area contributed by atoms with Crippen molar-refractivity contribution in [1.29, 1.82) is 0 Å². The highest BCUT2D eigenvalue weighted by Crippen LogP contribution is 2.24. The summed E-state index contributed by atoms with van der Waals surface area (Å²) < 4.78 is 27.6. The van der Waals surface area contributed by atoms with Crippen LogP contribution in [0.3, 0.4) is 0 Å². The Kier molecular flexibility index (Phi) is 8.05. The van der Waals surface area contributed by atoms with Gasteiger partial charge in [-0.25, -0.2) is 13.4 Å². The zero-order valence-corrected chi connectivity index (χ0v) is 21.2. The molecule has 9 heteroatoms. The van der Waals surface area contributed by atoms with E-state index in [2.05, 4.69) is 15.2 Å². The molecule has 1 aromatic heterocycles. The number of rotatable bonds is 7. The summed E-state index contributed by atoms with van der Waals surface area (Å²) in [6, 6.07) is 19.7. The molecule has 0 unspecified atom stereocenters. The van der Waals surface area contributed by atoms with Gasteiger partial charge in [0, 0.05) is 31.2 Å². The van der Waals surface area contributed by atoms with Crippen LogP contribution in [0.4, 0.5) is 11.5 Å². The number of amides is 1. The lowest BCUT2D eigenvalue weighted by Gasteiger charge is -2.23. The molecule has 0 radical (unpaired) electrons. The summed E-state index contributed by atoms with van der Waals surface area (Å²) in [7, 11) is -3.58. The first-order valence-corrected chi connectivity index (χ1v) is 13.5. The molecule has 1 atom stereocenters. The first-order chi connectivity index (χ1) is 16.9.